The molecule has 5 rings (SSSR count). The normalized spacial score (nSPS) is 15.0. The van der Waals surface area contributed by atoms with Crippen LogP contribution in [-0.2, 0) is 13.0 Å². The Morgan fingerprint density at radius 1 is 0.903 bits per heavy atom. The highest BCUT2D eigenvalue weighted by atomic mass is 16.1. The highest BCUT2D eigenvalue weighted by Gasteiger charge is 2.18. The van der Waals surface area contributed by atoms with Gasteiger partial charge in [-0.05, 0) is 67.6 Å². The van der Waals surface area contributed by atoms with Crippen molar-refractivity contribution in [2.75, 3.05) is 0 Å². The Kier molecular flexibility index (Phi) is 5.40. The fourth-order valence-electron chi connectivity index (χ4n) is 5.47. The number of benzene rings is 3. The largest absolute Gasteiger partial charge is 0.341 e. The zero-order valence-electron chi connectivity index (χ0n) is 18.7. The summed E-state index contributed by atoms with van der Waals surface area (Å²) in [7, 11) is 0. The Morgan fingerprint density at radius 3 is 2.35 bits per heavy atom. The third kappa shape index (κ3) is 3.69. The fraction of sp³-hybridized carbons (Fsp3) is 0.345. The van der Waals surface area contributed by atoms with Crippen LogP contribution in [0.15, 0.2) is 60.7 Å². The summed E-state index contributed by atoms with van der Waals surface area (Å²) in [5.74, 6) is 0.930. The Bertz CT molecular complexity index is 1260. The summed E-state index contributed by atoms with van der Waals surface area (Å²) in [5.41, 5.74) is 6.51. The van der Waals surface area contributed by atoms with E-state index in [4.69, 9.17) is 0 Å². The molecule has 2 heteroatoms. The summed E-state index contributed by atoms with van der Waals surface area (Å²) >= 11 is 0. The van der Waals surface area contributed by atoms with E-state index in [1.807, 2.05) is 37.3 Å². The average Bonchev–Trinajstić information content (AvgIpc) is 3.12. The number of carbonyl (C=O) groups excluding carboxylic acids is 1. The molecule has 1 aliphatic rings. The molecule has 0 N–H and O–H groups in total. The van der Waals surface area contributed by atoms with E-state index >= 15 is 0 Å². The number of aromatic nitrogens is 1. The van der Waals surface area contributed by atoms with Gasteiger partial charge in [-0.15, -0.1) is 0 Å². The lowest BCUT2D eigenvalue weighted by molar-refractivity contribution is 0.103. The third-order valence-electron chi connectivity index (χ3n) is 7.15. The van der Waals surface area contributed by atoms with Gasteiger partial charge in [-0.1, -0.05) is 62.4 Å². The number of ketones is 1. The first kappa shape index (κ1) is 20.1. The Labute approximate surface area is 184 Å². The van der Waals surface area contributed by atoms with Gasteiger partial charge in [0.15, 0.2) is 5.78 Å². The van der Waals surface area contributed by atoms with Crippen molar-refractivity contribution in [3.63, 3.8) is 0 Å². The van der Waals surface area contributed by atoms with Crippen LogP contribution in [-0.4, -0.2) is 10.4 Å². The topological polar surface area (TPSA) is 22.0 Å². The molecule has 0 bridgehead atoms. The van der Waals surface area contributed by atoms with Crippen LogP contribution in [0.25, 0.3) is 21.8 Å². The van der Waals surface area contributed by atoms with Gasteiger partial charge in [0.2, 0.25) is 0 Å². The quantitative estimate of drug-likeness (QED) is 0.313. The summed E-state index contributed by atoms with van der Waals surface area (Å²) < 4.78 is 2.37. The SMILES string of the molecule is CCn1c2ccc(CC3CCCCC3)cc2c2cc(C(=O)c3ccccc3C)ccc21. The van der Waals surface area contributed by atoms with Crippen molar-refractivity contribution in [1.29, 1.82) is 0 Å². The monoisotopic (exact) mass is 409 g/mol. The van der Waals surface area contributed by atoms with Gasteiger partial charge in [0, 0.05) is 39.5 Å². The van der Waals surface area contributed by atoms with Crippen LogP contribution < -0.4 is 0 Å². The van der Waals surface area contributed by atoms with Gasteiger partial charge in [-0.25, -0.2) is 0 Å². The third-order valence-corrected chi connectivity index (χ3v) is 7.15. The molecule has 0 amide bonds. The molecule has 1 heterocycles. The van der Waals surface area contributed by atoms with Crippen LogP contribution in [0.3, 0.4) is 0 Å². The van der Waals surface area contributed by atoms with E-state index < -0.39 is 0 Å². The van der Waals surface area contributed by atoms with Gasteiger partial charge in [-0.3, -0.25) is 4.79 Å². The van der Waals surface area contributed by atoms with Gasteiger partial charge in [0.1, 0.15) is 0 Å². The number of carbonyl (C=O) groups is 1. The van der Waals surface area contributed by atoms with E-state index in [0.29, 0.717) is 0 Å². The first-order chi connectivity index (χ1) is 15.2. The van der Waals surface area contributed by atoms with E-state index in [2.05, 4.69) is 41.8 Å². The molecule has 0 spiro atoms. The number of fused-ring (bicyclic) bond motifs is 3. The highest BCUT2D eigenvalue weighted by Crippen LogP contribution is 2.33. The second kappa shape index (κ2) is 8.34. The van der Waals surface area contributed by atoms with Crippen molar-refractivity contribution >= 4 is 27.6 Å². The molecule has 31 heavy (non-hydrogen) atoms. The van der Waals surface area contributed by atoms with Crippen molar-refractivity contribution in [2.24, 2.45) is 5.92 Å². The maximum absolute atomic E-state index is 13.2. The molecule has 1 saturated carbocycles. The molecule has 2 nitrogen and oxygen atoms in total. The molecule has 3 aromatic carbocycles. The van der Waals surface area contributed by atoms with Crippen LogP contribution in [0.5, 0.6) is 0 Å². The minimum absolute atomic E-state index is 0.107. The van der Waals surface area contributed by atoms with E-state index in [1.165, 1.54) is 65.9 Å². The van der Waals surface area contributed by atoms with Crippen LogP contribution in [0.2, 0.25) is 0 Å². The van der Waals surface area contributed by atoms with Gasteiger partial charge in [0.05, 0.1) is 0 Å². The minimum atomic E-state index is 0.107. The summed E-state index contributed by atoms with van der Waals surface area (Å²) in [6.07, 6.45) is 8.07. The molecule has 0 atom stereocenters. The Hall–Kier alpha value is -2.87. The van der Waals surface area contributed by atoms with Crippen LogP contribution in [0, 0.1) is 12.8 Å². The second-order valence-electron chi connectivity index (χ2n) is 9.18. The van der Waals surface area contributed by atoms with Gasteiger partial charge >= 0.3 is 0 Å². The van der Waals surface area contributed by atoms with Crippen LogP contribution in [0.1, 0.15) is 66.1 Å². The van der Waals surface area contributed by atoms with Crippen molar-refractivity contribution in [3.8, 4) is 0 Å². The van der Waals surface area contributed by atoms with Crippen LogP contribution >= 0.6 is 0 Å². The Balaban J connectivity index is 1.60. The fourth-order valence-corrected chi connectivity index (χ4v) is 5.47. The zero-order chi connectivity index (χ0) is 21.4. The lowest BCUT2D eigenvalue weighted by atomic mass is 9.84. The maximum atomic E-state index is 13.2. The predicted octanol–water partition coefficient (Wildman–Crippen LogP) is 7.48. The standard InChI is InChI=1S/C29H31NO/c1-3-30-27-15-13-22(17-21-10-5-4-6-11-21)18-25(27)26-19-23(14-16-28(26)30)29(31)24-12-8-7-9-20(24)2/h7-9,12-16,18-19,21H,3-6,10-11,17H2,1-2H3. The number of rotatable bonds is 5. The first-order valence-electron chi connectivity index (χ1n) is 11.8. The lowest BCUT2D eigenvalue weighted by Gasteiger charge is -2.21. The molecule has 1 fully saturated rings. The summed E-state index contributed by atoms with van der Waals surface area (Å²) in [6.45, 7) is 5.13. The van der Waals surface area contributed by atoms with Crippen molar-refractivity contribution in [2.45, 2.75) is 58.9 Å². The van der Waals surface area contributed by atoms with Gasteiger partial charge in [0.25, 0.3) is 0 Å². The van der Waals surface area contributed by atoms with E-state index in [-0.39, 0.29) is 5.78 Å². The first-order valence-corrected chi connectivity index (χ1v) is 11.8. The smallest absolute Gasteiger partial charge is 0.193 e. The lowest BCUT2D eigenvalue weighted by Crippen LogP contribution is -2.09. The molecular formula is C29H31NO. The predicted molar refractivity (Wildman–Crippen MR) is 130 cm³/mol. The molecule has 4 aromatic rings. The molecule has 0 saturated heterocycles. The van der Waals surface area contributed by atoms with Crippen LogP contribution in [0.4, 0.5) is 0 Å². The van der Waals surface area contributed by atoms with Gasteiger partial charge in [-0.2, -0.15) is 0 Å². The minimum Gasteiger partial charge on any atom is -0.341 e. The molecular weight excluding hydrogens is 378 g/mol. The Morgan fingerprint density at radius 2 is 1.61 bits per heavy atom. The summed E-state index contributed by atoms with van der Waals surface area (Å²) in [5, 5.41) is 2.48. The molecule has 158 valence electrons. The number of hydrogen-bond donors (Lipinski definition) is 0. The van der Waals surface area contributed by atoms with E-state index in [0.717, 1.165) is 29.2 Å². The zero-order valence-corrected chi connectivity index (χ0v) is 18.7. The maximum Gasteiger partial charge on any atom is 0.193 e. The number of hydrogen-bond acceptors (Lipinski definition) is 1. The van der Waals surface area contributed by atoms with Gasteiger partial charge < -0.3 is 4.57 Å². The van der Waals surface area contributed by atoms with Crippen molar-refractivity contribution in [1.82, 2.24) is 4.57 Å². The molecule has 1 aromatic heterocycles. The van der Waals surface area contributed by atoms with Crippen molar-refractivity contribution in [3.05, 3.63) is 82.9 Å². The number of aryl methyl sites for hydroxylation is 2. The average molecular weight is 410 g/mol. The number of nitrogens with zero attached hydrogens (tertiary/aromatic N) is 1. The van der Waals surface area contributed by atoms with E-state index in [1.54, 1.807) is 0 Å². The molecule has 1 aliphatic carbocycles. The second-order valence-corrected chi connectivity index (χ2v) is 9.18. The summed E-state index contributed by atoms with van der Waals surface area (Å²) in [4.78, 5) is 13.2. The van der Waals surface area contributed by atoms with Crippen molar-refractivity contribution < 1.29 is 4.79 Å². The summed E-state index contributed by atoms with van der Waals surface area (Å²) in [6, 6.07) is 21.1. The van der Waals surface area contributed by atoms with E-state index in [9.17, 15) is 4.79 Å². The highest BCUT2D eigenvalue weighted by molar-refractivity contribution is 6.15. The molecule has 0 unspecified atom stereocenters. The molecule has 0 radical (unpaired) electrons. The molecule has 0 aliphatic heterocycles.